The first-order valence-corrected chi connectivity index (χ1v) is 18.5. The summed E-state index contributed by atoms with van der Waals surface area (Å²) in [7, 11) is -2.17. The second-order valence-corrected chi connectivity index (χ2v) is 15.7. The highest BCUT2D eigenvalue weighted by atomic mass is 35.5. The fraction of sp³-hybridized carbons (Fsp3) is 0.588. The Morgan fingerprint density at radius 1 is 1.17 bits per heavy atom. The lowest BCUT2D eigenvalue weighted by molar-refractivity contribution is -0.119. The van der Waals surface area contributed by atoms with Crippen molar-refractivity contribution in [3.63, 3.8) is 0 Å². The van der Waals surface area contributed by atoms with Gasteiger partial charge in [-0.3, -0.25) is 4.79 Å². The predicted molar refractivity (Wildman–Crippen MR) is 179 cm³/mol. The fourth-order valence-electron chi connectivity index (χ4n) is 7.27. The third kappa shape index (κ3) is 8.64. The molecular weight excluding hydrogens is 647 g/mol. The summed E-state index contributed by atoms with van der Waals surface area (Å²) in [5, 5.41) is 9.69. The predicted octanol–water partition coefficient (Wildman–Crippen LogP) is 5.08. The molecule has 0 radical (unpaired) electrons. The van der Waals surface area contributed by atoms with Crippen LogP contribution in [0, 0.1) is 17.7 Å². The summed E-state index contributed by atoms with van der Waals surface area (Å²) in [6.45, 7) is 5.59. The summed E-state index contributed by atoms with van der Waals surface area (Å²) in [5.41, 5.74) is 1.37. The normalized spacial score (nSPS) is 26.9. The molecule has 2 amide bonds. The molecule has 2 aromatic carbocycles. The van der Waals surface area contributed by atoms with Crippen LogP contribution in [0.25, 0.3) is 0 Å². The molecule has 0 aliphatic carbocycles. The first kappa shape index (κ1) is 35.5. The summed E-state index contributed by atoms with van der Waals surface area (Å²) in [5.74, 6) is -1.16. The van der Waals surface area contributed by atoms with Gasteiger partial charge < -0.3 is 25.4 Å². The minimum Gasteiger partial charge on any atom is -0.453 e. The van der Waals surface area contributed by atoms with Crippen molar-refractivity contribution < 1.29 is 31.9 Å². The zero-order chi connectivity index (χ0) is 33.7. The topological polar surface area (TPSA) is 126 Å². The van der Waals surface area contributed by atoms with E-state index in [-0.39, 0.29) is 53.4 Å². The van der Waals surface area contributed by atoms with Gasteiger partial charge in [-0.15, -0.1) is 0 Å². The van der Waals surface area contributed by atoms with Crippen LogP contribution >= 0.6 is 11.6 Å². The molecule has 5 rings (SSSR count). The van der Waals surface area contributed by atoms with Crippen LogP contribution in [0.15, 0.2) is 42.5 Å². The van der Waals surface area contributed by atoms with Gasteiger partial charge in [0.2, 0.25) is 15.9 Å². The van der Waals surface area contributed by atoms with Crippen molar-refractivity contribution in [3.05, 3.63) is 64.4 Å². The number of sulfonamides is 1. The second-order valence-electron chi connectivity index (χ2n) is 13.2. The summed E-state index contributed by atoms with van der Waals surface area (Å²) >= 11 is 6.23. The molecule has 0 spiro atoms. The number of methoxy groups -OCH3 is 1. The molecular formula is C34H46ClFN4O6S. The largest absolute Gasteiger partial charge is 0.453 e. The smallest absolute Gasteiger partial charge is 0.407 e. The number of alkyl carbamates (subject to hydrolysis) is 1. The Bertz CT molecular complexity index is 1510. The number of hydrogen-bond acceptors (Lipinski definition) is 7. The molecule has 5 unspecified atom stereocenters. The average Bonchev–Trinajstić information content (AvgIpc) is 3.16. The number of benzene rings is 2. The van der Waals surface area contributed by atoms with Crippen LogP contribution in [0.1, 0.15) is 63.0 Å². The molecule has 3 heterocycles. The van der Waals surface area contributed by atoms with Crippen LogP contribution in [0.5, 0.6) is 0 Å². The van der Waals surface area contributed by atoms with E-state index in [4.69, 9.17) is 21.1 Å². The molecule has 3 saturated heterocycles. The second kappa shape index (κ2) is 15.6. The Balaban J connectivity index is 1.42. The zero-order valence-electron chi connectivity index (χ0n) is 27.2. The molecule has 0 saturated carbocycles. The molecule has 258 valence electrons. The number of hydrogen-bond donors (Lipinski definition) is 3. The van der Waals surface area contributed by atoms with Gasteiger partial charge in [-0.05, 0) is 80.2 Å². The SMILES string of the molecule is COC(=O)N[C@H](C(=O)Nc1cccc(F)c1CCC1CNC2CCCS(=O)(=O)N1C2)[C@@H](c1ccc(Cl)cc1)C1CCOC(C(C)C)C1. The van der Waals surface area contributed by atoms with Crippen LogP contribution in [0.4, 0.5) is 14.9 Å². The molecule has 3 fully saturated rings. The number of carbonyl (C=O) groups is 2. The van der Waals surface area contributed by atoms with Crippen molar-refractivity contribution >= 4 is 39.3 Å². The van der Waals surface area contributed by atoms with Crippen molar-refractivity contribution in [1.29, 1.82) is 0 Å². The van der Waals surface area contributed by atoms with Gasteiger partial charge in [0.15, 0.2) is 0 Å². The molecule has 0 aromatic heterocycles. The number of carbonyl (C=O) groups excluding carboxylic acids is 2. The average molecular weight is 693 g/mol. The summed E-state index contributed by atoms with van der Waals surface area (Å²) in [6.07, 6.45) is 2.56. The van der Waals surface area contributed by atoms with E-state index in [0.717, 1.165) is 12.0 Å². The van der Waals surface area contributed by atoms with Gasteiger partial charge in [-0.25, -0.2) is 17.6 Å². The Morgan fingerprint density at radius 2 is 1.94 bits per heavy atom. The Morgan fingerprint density at radius 3 is 2.66 bits per heavy atom. The lowest BCUT2D eigenvalue weighted by atomic mass is 9.74. The molecule has 47 heavy (non-hydrogen) atoms. The third-order valence-corrected chi connectivity index (χ3v) is 12.0. The van der Waals surface area contributed by atoms with E-state index >= 15 is 4.39 Å². The number of nitrogens with zero attached hydrogens (tertiary/aromatic N) is 1. The number of rotatable bonds is 10. The van der Waals surface area contributed by atoms with Gasteiger partial charge in [0, 0.05) is 54.0 Å². The zero-order valence-corrected chi connectivity index (χ0v) is 28.8. The monoisotopic (exact) mass is 692 g/mol. The Labute approximate surface area is 282 Å². The molecule has 3 aliphatic rings. The molecule has 3 aliphatic heterocycles. The van der Waals surface area contributed by atoms with E-state index in [9.17, 15) is 18.0 Å². The van der Waals surface area contributed by atoms with E-state index in [2.05, 4.69) is 29.8 Å². The van der Waals surface area contributed by atoms with Crippen LogP contribution in [0.2, 0.25) is 5.02 Å². The number of fused-ring (bicyclic) bond motifs is 2. The summed E-state index contributed by atoms with van der Waals surface area (Å²) in [6, 6.07) is 10.4. The van der Waals surface area contributed by atoms with Gasteiger partial charge in [0.25, 0.3) is 0 Å². The summed E-state index contributed by atoms with van der Waals surface area (Å²) < 4.78 is 54.0. The molecule has 13 heteroatoms. The first-order chi connectivity index (χ1) is 22.5. The first-order valence-electron chi connectivity index (χ1n) is 16.5. The van der Waals surface area contributed by atoms with Crippen molar-refractivity contribution in [1.82, 2.24) is 14.9 Å². The Kier molecular flexibility index (Phi) is 11.8. The number of nitrogens with one attached hydrogen (secondary N) is 3. The molecule has 7 atom stereocenters. The molecule has 3 N–H and O–H groups in total. The molecule has 2 aromatic rings. The highest BCUT2D eigenvalue weighted by Crippen LogP contribution is 2.39. The van der Waals surface area contributed by atoms with Crippen LogP contribution in [0.3, 0.4) is 0 Å². The van der Waals surface area contributed by atoms with Crippen molar-refractivity contribution in [2.24, 2.45) is 11.8 Å². The van der Waals surface area contributed by atoms with Gasteiger partial charge in [0.05, 0.1) is 19.0 Å². The lowest BCUT2D eigenvalue weighted by Gasteiger charge is -2.39. The van der Waals surface area contributed by atoms with Gasteiger partial charge >= 0.3 is 6.09 Å². The minimum absolute atomic E-state index is 0.0159. The third-order valence-electron chi connectivity index (χ3n) is 9.83. The number of ether oxygens (including phenoxy) is 2. The lowest BCUT2D eigenvalue weighted by Crippen LogP contribution is -2.57. The van der Waals surface area contributed by atoms with Crippen molar-refractivity contribution in [2.45, 2.75) is 82.5 Å². The van der Waals surface area contributed by atoms with Crippen LogP contribution in [-0.4, -0.2) is 81.5 Å². The maximum absolute atomic E-state index is 15.4. The van der Waals surface area contributed by atoms with Crippen molar-refractivity contribution in [3.8, 4) is 0 Å². The van der Waals surface area contributed by atoms with E-state index < -0.39 is 39.8 Å². The van der Waals surface area contributed by atoms with Gasteiger partial charge in [-0.1, -0.05) is 43.6 Å². The van der Waals surface area contributed by atoms with Gasteiger partial charge in [-0.2, -0.15) is 4.31 Å². The van der Waals surface area contributed by atoms with E-state index in [1.54, 1.807) is 22.5 Å². The molecule has 2 bridgehead atoms. The summed E-state index contributed by atoms with van der Waals surface area (Å²) in [4.78, 5) is 27.0. The number of piperazine rings is 1. The molecule has 10 nitrogen and oxygen atoms in total. The quantitative estimate of drug-likeness (QED) is 0.317. The van der Waals surface area contributed by atoms with E-state index in [1.165, 1.54) is 19.2 Å². The maximum atomic E-state index is 15.4. The van der Waals surface area contributed by atoms with Crippen LogP contribution < -0.4 is 16.0 Å². The number of amides is 2. The van der Waals surface area contributed by atoms with Gasteiger partial charge in [0.1, 0.15) is 11.9 Å². The Hall–Kier alpha value is -2.77. The number of anilines is 1. The highest BCUT2D eigenvalue weighted by Gasteiger charge is 2.41. The maximum Gasteiger partial charge on any atom is 0.407 e. The standard InChI is InChI=1S/C34H46ClFN4O6S/c1-21(2)30-18-23(15-16-46-30)31(22-9-11-24(35)12-10-22)32(39-34(42)45-3)33(41)38-29-8-4-7-28(36)27(29)14-13-26-19-37-25-6-5-17-47(43,44)40(26)20-25/h4,7-12,21,23,25-26,30-32,37H,5-6,13-20H2,1-3H3,(H,38,41)(H,39,42)/t23?,25?,26?,30?,31-,32-/m0/s1. The van der Waals surface area contributed by atoms with E-state index in [1.807, 2.05) is 12.1 Å². The highest BCUT2D eigenvalue weighted by molar-refractivity contribution is 7.89. The number of halogens is 2. The minimum atomic E-state index is -3.41. The van der Waals surface area contributed by atoms with Crippen LogP contribution in [-0.2, 0) is 30.7 Å². The van der Waals surface area contributed by atoms with Crippen molar-refractivity contribution in [2.75, 3.05) is 37.9 Å². The van der Waals surface area contributed by atoms with E-state index in [0.29, 0.717) is 50.4 Å². The fourth-order valence-corrected chi connectivity index (χ4v) is 9.20.